The number of benzene rings is 3. The third-order valence-corrected chi connectivity index (χ3v) is 3.73. The molecule has 0 aliphatic heterocycles. The van der Waals surface area contributed by atoms with Crippen LogP contribution in [0.25, 0.3) is 10.8 Å². The minimum Gasteiger partial charge on any atom is -0.506 e. The van der Waals surface area contributed by atoms with Gasteiger partial charge in [0.2, 0.25) is 0 Å². The van der Waals surface area contributed by atoms with E-state index < -0.39 is 5.91 Å². The first-order chi connectivity index (χ1) is 11.6. The van der Waals surface area contributed by atoms with Crippen molar-refractivity contribution in [3.63, 3.8) is 0 Å². The minimum atomic E-state index is -0.447. The Morgan fingerprint density at radius 3 is 2.54 bits per heavy atom. The van der Waals surface area contributed by atoms with E-state index >= 15 is 0 Å². The van der Waals surface area contributed by atoms with Crippen molar-refractivity contribution >= 4 is 28.1 Å². The molecule has 0 spiro atoms. The van der Waals surface area contributed by atoms with Crippen LogP contribution < -0.4 is 15.8 Å². The molecule has 0 radical (unpaired) electrons. The van der Waals surface area contributed by atoms with Crippen LogP contribution in [0, 0.1) is 0 Å². The van der Waals surface area contributed by atoms with Crippen molar-refractivity contribution in [3.8, 4) is 11.5 Å². The van der Waals surface area contributed by atoms with Crippen LogP contribution in [0.3, 0.4) is 0 Å². The van der Waals surface area contributed by atoms with Gasteiger partial charge in [-0.1, -0.05) is 36.4 Å². The number of carbonyl (C=O) groups is 1. The molecule has 0 fully saturated rings. The molecular weight excluding hydrogens is 304 g/mol. The van der Waals surface area contributed by atoms with Gasteiger partial charge in [-0.3, -0.25) is 4.79 Å². The Balaban J connectivity index is 1.99. The molecule has 1 amide bonds. The number of nitrogen functional groups attached to an aromatic ring is 1. The smallest absolute Gasteiger partial charge is 0.259 e. The van der Waals surface area contributed by atoms with E-state index in [0.717, 1.165) is 0 Å². The third kappa shape index (κ3) is 2.84. The number of hydrogen-bond acceptors (Lipinski definition) is 4. The predicted molar refractivity (Wildman–Crippen MR) is 95.6 cm³/mol. The molecule has 0 aromatic heterocycles. The summed E-state index contributed by atoms with van der Waals surface area (Å²) in [5.41, 5.74) is 7.12. The van der Waals surface area contributed by atoms with Crippen molar-refractivity contribution in [1.29, 1.82) is 0 Å². The highest BCUT2D eigenvalue weighted by Gasteiger charge is 2.17. The zero-order valence-electron chi connectivity index (χ0n) is 13.2. The third-order valence-electron chi connectivity index (χ3n) is 3.73. The lowest BCUT2D eigenvalue weighted by Gasteiger charge is -2.13. The van der Waals surface area contributed by atoms with Gasteiger partial charge in [0, 0.05) is 16.5 Å². The summed E-state index contributed by atoms with van der Waals surface area (Å²) in [6.07, 6.45) is 0. The van der Waals surface area contributed by atoms with Crippen molar-refractivity contribution in [2.45, 2.75) is 6.92 Å². The molecule has 5 nitrogen and oxygen atoms in total. The molecule has 0 aliphatic carbocycles. The number of rotatable bonds is 4. The molecule has 0 heterocycles. The molecule has 24 heavy (non-hydrogen) atoms. The minimum absolute atomic E-state index is 0.0915. The van der Waals surface area contributed by atoms with Gasteiger partial charge in [-0.15, -0.1) is 0 Å². The van der Waals surface area contributed by atoms with Crippen LogP contribution in [0.4, 0.5) is 11.4 Å². The van der Waals surface area contributed by atoms with Gasteiger partial charge in [0.25, 0.3) is 5.91 Å². The van der Waals surface area contributed by atoms with E-state index in [9.17, 15) is 9.90 Å². The number of amides is 1. The molecule has 0 unspecified atom stereocenters. The summed E-state index contributed by atoms with van der Waals surface area (Å²) >= 11 is 0. The van der Waals surface area contributed by atoms with Crippen LogP contribution >= 0.6 is 0 Å². The van der Waals surface area contributed by atoms with Gasteiger partial charge in [0.05, 0.1) is 17.9 Å². The van der Waals surface area contributed by atoms with Gasteiger partial charge in [0.1, 0.15) is 11.5 Å². The summed E-state index contributed by atoms with van der Waals surface area (Å²) in [6.45, 7) is 2.36. The number of ether oxygens (including phenoxy) is 1. The lowest BCUT2D eigenvalue weighted by Crippen LogP contribution is -2.13. The molecule has 3 rings (SSSR count). The largest absolute Gasteiger partial charge is 0.506 e. The summed E-state index contributed by atoms with van der Waals surface area (Å²) < 4.78 is 5.50. The van der Waals surface area contributed by atoms with E-state index in [1.54, 1.807) is 36.4 Å². The lowest BCUT2D eigenvalue weighted by molar-refractivity contribution is 0.102. The number of nitrogens with one attached hydrogen (secondary N) is 1. The number of phenols is 1. The fraction of sp³-hybridized carbons (Fsp3) is 0.105. The van der Waals surface area contributed by atoms with E-state index in [4.69, 9.17) is 10.5 Å². The zero-order valence-corrected chi connectivity index (χ0v) is 13.2. The number of nitrogens with two attached hydrogens (primary N) is 1. The van der Waals surface area contributed by atoms with Crippen LogP contribution in [0.15, 0.2) is 54.6 Å². The first kappa shape index (κ1) is 15.7. The Labute approximate surface area is 139 Å². The fourth-order valence-corrected chi connectivity index (χ4v) is 2.60. The highest BCUT2D eigenvalue weighted by Crippen LogP contribution is 2.34. The highest BCUT2D eigenvalue weighted by atomic mass is 16.5. The van der Waals surface area contributed by atoms with E-state index in [2.05, 4.69) is 5.32 Å². The number of carbonyl (C=O) groups excluding carboxylic acids is 1. The van der Waals surface area contributed by atoms with E-state index in [0.29, 0.717) is 34.5 Å². The van der Waals surface area contributed by atoms with Crippen LogP contribution in [0.1, 0.15) is 17.3 Å². The Morgan fingerprint density at radius 2 is 1.79 bits per heavy atom. The van der Waals surface area contributed by atoms with Crippen molar-refractivity contribution in [3.05, 3.63) is 60.2 Å². The summed E-state index contributed by atoms with van der Waals surface area (Å²) in [6, 6.07) is 15.8. The normalized spacial score (nSPS) is 10.5. The summed E-state index contributed by atoms with van der Waals surface area (Å²) in [4.78, 5) is 12.6. The van der Waals surface area contributed by atoms with Crippen LogP contribution in [-0.4, -0.2) is 17.6 Å². The maximum Gasteiger partial charge on any atom is 0.259 e. The SMILES string of the molecule is CCOc1ccccc1NC(=O)c1cc(N)c2ccccc2c1O. The quantitative estimate of drug-likeness (QED) is 0.504. The monoisotopic (exact) mass is 322 g/mol. The number of hydrogen-bond donors (Lipinski definition) is 3. The second-order valence-electron chi connectivity index (χ2n) is 5.29. The molecule has 0 atom stereocenters. The van der Waals surface area contributed by atoms with Gasteiger partial charge in [0.15, 0.2) is 0 Å². The maximum atomic E-state index is 12.6. The number of para-hydroxylation sites is 2. The van der Waals surface area contributed by atoms with Crippen molar-refractivity contribution < 1.29 is 14.6 Å². The molecule has 0 aliphatic rings. The van der Waals surface area contributed by atoms with Crippen LogP contribution in [0.5, 0.6) is 11.5 Å². The molecule has 0 saturated heterocycles. The molecule has 122 valence electrons. The molecule has 4 N–H and O–H groups in total. The first-order valence-electron chi connectivity index (χ1n) is 7.65. The predicted octanol–water partition coefficient (Wildman–Crippen LogP) is 3.78. The van der Waals surface area contributed by atoms with E-state index in [1.165, 1.54) is 6.07 Å². The Morgan fingerprint density at radius 1 is 1.12 bits per heavy atom. The second-order valence-corrected chi connectivity index (χ2v) is 5.29. The molecule has 0 bridgehead atoms. The van der Waals surface area contributed by atoms with Crippen molar-refractivity contribution in [2.24, 2.45) is 0 Å². The van der Waals surface area contributed by atoms with Crippen LogP contribution in [-0.2, 0) is 0 Å². The fourth-order valence-electron chi connectivity index (χ4n) is 2.60. The summed E-state index contributed by atoms with van der Waals surface area (Å²) in [7, 11) is 0. The molecule has 5 heteroatoms. The Kier molecular flexibility index (Phi) is 4.24. The average molecular weight is 322 g/mol. The topological polar surface area (TPSA) is 84.6 Å². The van der Waals surface area contributed by atoms with E-state index in [1.807, 2.05) is 19.1 Å². The first-order valence-corrected chi connectivity index (χ1v) is 7.65. The summed E-state index contributed by atoms with van der Waals surface area (Å²) in [5, 5.41) is 14.5. The van der Waals surface area contributed by atoms with Crippen molar-refractivity contribution in [2.75, 3.05) is 17.7 Å². The molecule has 3 aromatic rings. The number of anilines is 2. The molecular formula is C19H18N2O3. The van der Waals surface area contributed by atoms with Gasteiger partial charge in [-0.05, 0) is 25.1 Å². The van der Waals surface area contributed by atoms with Gasteiger partial charge in [-0.2, -0.15) is 0 Å². The number of aromatic hydroxyl groups is 1. The van der Waals surface area contributed by atoms with Gasteiger partial charge < -0.3 is 20.9 Å². The Hall–Kier alpha value is -3.21. The standard InChI is InChI=1S/C19H18N2O3/c1-2-24-17-10-6-5-9-16(17)21-19(23)14-11-15(20)12-7-3-4-8-13(12)18(14)22/h3-11,22H,2,20H2,1H3,(H,21,23). The number of fused-ring (bicyclic) bond motifs is 1. The van der Waals surface area contributed by atoms with E-state index in [-0.39, 0.29) is 11.3 Å². The summed E-state index contributed by atoms with van der Waals surface area (Å²) in [5.74, 6) is 0.0323. The zero-order chi connectivity index (χ0) is 17.1. The number of phenolic OH excluding ortho intramolecular Hbond substituents is 1. The highest BCUT2D eigenvalue weighted by molar-refractivity contribution is 6.12. The lowest BCUT2D eigenvalue weighted by atomic mass is 10.0. The molecule has 0 saturated carbocycles. The van der Waals surface area contributed by atoms with Gasteiger partial charge >= 0.3 is 0 Å². The van der Waals surface area contributed by atoms with Crippen LogP contribution in [0.2, 0.25) is 0 Å². The maximum absolute atomic E-state index is 12.6. The van der Waals surface area contributed by atoms with Crippen molar-refractivity contribution in [1.82, 2.24) is 0 Å². The van der Waals surface area contributed by atoms with Gasteiger partial charge in [-0.25, -0.2) is 0 Å². The average Bonchev–Trinajstić information content (AvgIpc) is 2.60. The Bertz CT molecular complexity index is 906. The second kappa shape index (κ2) is 6.50. The molecule has 3 aromatic carbocycles.